The van der Waals surface area contributed by atoms with Gasteiger partial charge < -0.3 is 10.2 Å². The molecule has 0 spiro atoms. The molecular formula is C29H33ClFN3O4S. The van der Waals surface area contributed by atoms with Crippen molar-refractivity contribution in [1.82, 2.24) is 10.2 Å². The number of carbonyl (C=O) groups excluding carboxylic acids is 2. The molecule has 0 radical (unpaired) electrons. The third kappa shape index (κ3) is 7.58. The van der Waals surface area contributed by atoms with Gasteiger partial charge in [0.25, 0.3) is 10.0 Å². The standard InChI is InChI=1S/C29H33ClFN3O4S/c1-4-5-18-32-29(36)22(3)33(19-23-10-6-8-12-26(23)31)28(35)20-34(27-13-9-7-11-25(27)30)39(37,38)24-16-14-21(2)15-17-24/h6-17,22H,4-5,18-20H2,1-3H3,(H,32,36)/t22-/m1/s1. The highest BCUT2D eigenvalue weighted by Gasteiger charge is 2.33. The molecule has 0 aliphatic heterocycles. The summed E-state index contributed by atoms with van der Waals surface area (Å²) in [5.74, 6) is -1.64. The number of carbonyl (C=O) groups is 2. The van der Waals surface area contributed by atoms with Crippen LogP contribution < -0.4 is 9.62 Å². The van der Waals surface area contributed by atoms with Crippen molar-refractivity contribution in [3.05, 3.63) is 94.8 Å². The van der Waals surface area contributed by atoms with Crippen LogP contribution in [0.5, 0.6) is 0 Å². The molecule has 0 aliphatic carbocycles. The zero-order chi connectivity index (χ0) is 28.6. The smallest absolute Gasteiger partial charge is 0.264 e. The van der Waals surface area contributed by atoms with E-state index < -0.39 is 40.2 Å². The molecule has 3 rings (SSSR count). The number of benzene rings is 3. The number of halogens is 2. The number of amides is 2. The van der Waals surface area contributed by atoms with Crippen LogP contribution in [0.2, 0.25) is 5.02 Å². The number of anilines is 1. The van der Waals surface area contributed by atoms with E-state index in [2.05, 4.69) is 5.32 Å². The molecule has 39 heavy (non-hydrogen) atoms. The number of nitrogens with zero attached hydrogens (tertiary/aromatic N) is 2. The maximum absolute atomic E-state index is 14.6. The summed E-state index contributed by atoms with van der Waals surface area (Å²) >= 11 is 6.39. The Hall–Kier alpha value is -3.43. The van der Waals surface area contributed by atoms with Crippen LogP contribution in [0.1, 0.15) is 37.8 Å². The van der Waals surface area contributed by atoms with Gasteiger partial charge in [0.2, 0.25) is 11.8 Å². The topological polar surface area (TPSA) is 86.8 Å². The van der Waals surface area contributed by atoms with Gasteiger partial charge in [0.15, 0.2) is 0 Å². The van der Waals surface area contributed by atoms with Crippen LogP contribution in [0, 0.1) is 12.7 Å². The van der Waals surface area contributed by atoms with Crippen molar-refractivity contribution in [2.75, 3.05) is 17.4 Å². The number of para-hydroxylation sites is 1. The van der Waals surface area contributed by atoms with Gasteiger partial charge in [0.05, 0.1) is 15.6 Å². The minimum absolute atomic E-state index is 0.0215. The fourth-order valence-electron chi connectivity index (χ4n) is 3.93. The molecule has 0 fully saturated rings. The van der Waals surface area contributed by atoms with Gasteiger partial charge in [-0.2, -0.15) is 0 Å². The molecular weight excluding hydrogens is 541 g/mol. The van der Waals surface area contributed by atoms with E-state index in [4.69, 9.17) is 11.6 Å². The predicted molar refractivity (Wildman–Crippen MR) is 151 cm³/mol. The molecule has 1 atom stereocenters. The lowest BCUT2D eigenvalue weighted by atomic mass is 10.1. The van der Waals surface area contributed by atoms with E-state index in [1.54, 1.807) is 30.3 Å². The van der Waals surface area contributed by atoms with Gasteiger partial charge in [-0.15, -0.1) is 0 Å². The zero-order valence-electron chi connectivity index (χ0n) is 22.2. The molecule has 0 saturated heterocycles. The van der Waals surface area contributed by atoms with E-state index in [1.165, 1.54) is 54.3 Å². The Morgan fingerprint density at radius 3 is 2.28 bits per heavy atom. The normalized spacial score (nSPS) is 12.0. The van der Waals surface area contributed by atoms with E-state index in [-0.39, 0.29) is 27.7 Å². The molecule has 208 valence electrons. The molecule has 0 heterocycles. The van der Waals surface area contributed by atoms with Crippen LogP contribution in [0.3, 0.4) is 0 Å². The second-order valence-corrected chi connectivity index (χ2v) is 11.5. The Morgan fingerprint density at radius 1 is 1.00 bits per heavy atom. The van der Waals surface area contributed by atoms with Gasteiger partial charge in [-0.05, 0) is 50.6 Å². The minimum Gasteiger partial charge on any atom is -0.354 e. The molecule has 0 bridgehead atoms. The van der Waals surface area contributed by atoms with Gasteiger partial charge in [0.1, 0.15) is 18.4 Å². The second kappa shape index (κ2) is 13.6. The molecule has 0 unspecified atom stereocenters. The Kier molecular flexibility index (Phi) is 10.5. The fraction of sp³-hybridized carbons (Fsp3) is 0.310. The zero-order valence-corrected chi connectivity index (χ0v) is 23.8. The Bertz CT molecular complexity index is 1400. The van der Waals surface area contributed by atoms with E-state index in [9.17, 15) is 22.4 Å². The Morgan fingerprint density at radius 2 is 1.64 bits per heavy atom. The largest absolute Gasteiger partial charge is 0.354 e. The molecule has 0 saturated carbocycles. The average molecular weight is 574 g/mol. The first-order valence-electron chi connectivity index (χ1n) is 12.7. The van der Waals surface area contributed by atoms with Crippen molar-refractivity contribution in [2.45, 2.75) is 51.1 Å². The number of hydrogen-bond acceptors (Lipinski definition) is 4. The van der Waals surface area contributed by atoms with Crippen LogP contribution >= 0.6 is 11.6 Å². The fourth-order valence-corrected chi connectivity index (χ4v) is 5.65. The summed E-state index contributed by atoms with van der Waals surface area (Å²) in [5, 5.41) is 2.93. The lowest BCUT2D eigenvalue weighted by molar-refractivity contribution is -0.139. The summed E-state index contributed by atoms with van der Waals surface area (Å²) < 4.78 is 43.1. The van der Waals surface area contributed by atoms with E-state index in [0.717, 1.165) is 22.7 Å². The third-order valence-electron chi connectivity index (χ3n) is 6.30. The van der Waals surface area contributed by atoms with Crippen LogP contribution in [0.4, 0.5) is 10.1 Å². The number of aryl methyl sites for hydroxylation is 1. The van der Waals surface area contributed by atoms with Gasteiger partial charge >= 0.3 is 0 Å². The molecule has 2 amide bonds. The van der Waals surface area contributed by atoms with Crippen LogP contribution in [0.25, 0.3) is 0 Å². The molecule has 3 aromatic rings. The highest BCUT2D eigenvalue weighted by Crippen LogP contribution is 2.31. The van der Waals surface area contributed by atoms with Crippen molar-refractivity contribution in [3.63, 3.8) is 0 Å². The third-order valence-corrected chi connectivity index (χ3v) is 8.40. The predicted octanol–water partition coefficient (Wildman–Crippen LogP) is 5.32. The van der Waals surface area contributed by atoms with Crippen molar-refractivity contribution in [2.24, 2.45) is 0 Å². The average Bonchev–Trinajstić information content (AvgIpc) is 2.91. The van der Waals surface area contributed by atoms with E-state index >= 15 is 0 Å². The highest BCUT2D eigenvalue weighted by molar-refractivity contribution is 7.92. The van der Waals surface area contributed by atoms with Crippen LogP contribution in [-0.2, 0) is 26.2 Å². The van der Waals surface area contributed by atoms with Crippen LogP contribution in [0.15, 0.2) is 77.7 Å². The molecule has 3 aromatic carbocycles. The number of rotatable bonds is 12. The summed E-state index contributed by atoms with van der Waals surface area (Å²) in [6.07, 6.45) is 1.63. The summed E-state index contributed by atoms with van der Waals surface area (Å²) in [4.78, 5) is 28.0. The molecule has 10 heteroatoms. The number of nitrogens with one attached hydrogen (secondary N) is 1. The maximum Gasteiger partial charge on any atom is 0.264 e. The van der Waals surface area contributed by atoms with Crippen molar-refractivity contribution in [3.8, 4) is 0 Å². The van der Waals surface area contributed by atoms with E-state index in [1.807, 2.05) is 13.8 Å². The first-order valence-corrected chi connectivity index (χ1v) is 14.5. The quantitative estimate of drug-likeness (QED) is 0.297. The lowest BCUT2D eigenvalue weighted by Crippen LogP contribution is -2.51. The van der Waals surface area contributed by atoms with Gasteiger partial charge in [-0.3, -0.25) is 13.9 Å². The second-order valence-electron chi connectivity index (χ2n) is 9.21. The summed E-state index contributed by atoms with van der Waals surface area (Å²) in [5.41, 5.74) is 1.18. The van der Waals surface area contributed by atoms with Gasteiger partial charge in [-0.25, -0.2) is 12.8 Å². The Labute approximate surface area is 234 Å². The first kappa shape index (κ1) is 30.1. The monoisotopic (exact) mass is 573 g/mol. The minimum atomic E-state index is -4.24. The number of hydrogen-bond donors (Lipinski definition) is 1. The summed E-state index contributed by atoms with van der Waals surface area (Å²) in [6.45, 7) is 4.90. The molecule has 1 N–H and O–H groups in total. The first-order chi connectivity index (χ1) is 18.6. The highest BCUT2D eigenvalue weighted by atomic mass is 35.5. The number of unbranched alkanes of at least 4 members (excludes halogenated alkanes) is 1. The summed E-state index contributed by atoms with van der Waals surface area (Å²) in [7, 11) is -4.24. The molecule has 0 aliphatic rings. The Balaban J connectivity index is 2.02. The van der Waals surface area contributed by atoms with Gasteiger partial charge in [-0.1, -0.05) is 73.0 Å². The van der Waals surface area contributed by atoms with Crippen LogP contribution in [-0.4, -0.2) is 44.3 Å². The molecule has 7 nitrogen and oxygen atoms in total. The maximum atomic E-state index is 14.6. The molecule has 0 aromatic heterocycles. The SMILES string of the molecule is CCCCNC(=O)[C@@H](C)N(Cc1ccccc1F)C(=O)CN(c1ccccc1Cl)S(=O)(=O)c1ccc(C)cc1. The van der Waals surface area contributed by atoms with Crippen molar-refractivity contribution < 1.29 is 22.4 Å². The van der Waals surface area contributed by atoms with Gasteiger partial charge in [0, 0.05) is 18.7 Å². The number of sulfonamides is 1. The van der Waals surface area contributed by atoms with Crippen molar-refractivity contribution >= 4 is 39.1 Å². The van der Waals surface area contributed by atoms with E-state index in [0.29, 0.717) is 6.54 Å². The van der Waals surface area contributed by atoms with Crippen molar-refractivity contribution in [1.29, 1.82) is 0 Å². The summed E-state index contributed by atoms with van der Waals surface area (Å²) in [6, 6.07) is 17.5. The lowest BCUT2D eigenvalue weighted by Gasteiger charge is -2.32.